The van der Waals surface area contributed by atoms with Gasteiger partial charge < -0.3 is 19.7 Å². The minimum atomic E-state index is -1.83. The number of hydrogen-bond acceptors (Lipinski definition) is 8. The summed E-state index contributed by atoms with van der Waals surface area (Å²) >= 11 is 0. The van der Waals surface area contributed by atoms with Crippen LogP contribution in [0.4, 0.5) is 21.0 Å². The Morgan fingerprint density at radius 1 is 0.769 bits per heavy atom. The van der Waals surface area contributed by atoms with Crippen LogP contribution in [0.15, 0.2) is 48.5 Å². The van der Waals surface area contributed by atoms with E-state index in [9.17, 15) is 25.0 Å². The zero-order valence-electron chi connectivity index (χ0n) is 12.7. The van der Waals surface area contributed by atoms with Gasteiger partial charge in [-0.05, 0) is 12.1 Å². The van der Waals surface area contributed by atoms with Crippen LogP contribution in [0.3, 0.4) is 0 Å². The Balaban J connectivity index is 0.000000765. The van der Waals surface area contributed by atoms with E-state index in [0.717, 1.165) is 12.1 Å². The van der Waals surface area contributed by atoms with Crippen molar-refractivity contribution in [3.63, 3.8) is 0 Å². The lowest BCUT2D eigenvalue weighted by molar-refractivity contribution is -0.385. The first-order valence-electron chi connectivity index (χ1n) is 6.50. The molecule has 0 saturated heterocycles. The summed E-state index contributed by atoms with van der Waals surface area (Å²) in [7, 11) is 0. The number of benzene rings is 2. The highest BCUT2D eigenvalue weighted by Gasteiger charge is 2.21. The summed E-state index contributed by atoms with van der Waals surface area (Å²) in [6, 6.07) is 10.4. The quantitative estimate of drug-likeness (QED) is 0.352. The minimum Gasteiger partial charge on any atom is -0.450 e. The van der Waals surface area contributed by atoms with E-state index in [0.29, 0.717) is 0 Å². The number of para-hydroxylation sites is 4. The van der Waals surface area contributed by atoms with Crippen molar-refractivity contribution in [3.05, 3.63) is 68.8 Å². The van der Waals surface area contributed by atoms with Crippen LogP contribution in [0.1, 0.15) is 0 Å². The van der Waals surface area contributed by atoms with Crippen LogP contribution in [-0.2, 0) is 0 Å². The number of ether oxygens (including phenoxy) is 2. The lowest BCUT2D eigenvalue weighted by atomic mass is 10.3. The maximum Gasteiger partial charge on any atom is 0.519 e. The summed E-state index contributed by atoms with van der Waals surface area (Å²) in [6.07, 6.45) is -3.15. The fourth-order valence-corrected chi connectivity index (χ4v) is 1.59. The lowest BCUT2D eigenvalue weighted by Crippen LogP contribution is -2.15. The normalized spacial score (nSPS) is 9.23. The van der Waals surface area contributed by atoms with Crippen molar-refractivity contribution < 1.29 is 39.1 Å². The predicted octanol–water partition coefficient (Wildman–Crippen LogP) is 3.30. The number of hydrogen-bond donors (Lipinski definition) is 2. The number of nitro groups is 2. The molecule has 0 spiro atoms. The van der Waals surface area contributed by atoms with Gasteiger partial charge in [-0.25, -0.2) is 9.59 Å². The molecule has 0 fully saturated rings. The Labute approximate surface area is 144 Å². The predicted molar refractivity (Wildman–Crippen MR) is 83.5 cm³/mol. The molecule has 0 atom stereocenters. The van der Waals surface area contributed by atoms with Crippen molar-refractivity contribution in [1.29, 1.82) is 0 Å². The molecule has 2 aromatic rings. The molecule has 12 nitrogen and oxygen atoms in total. The standard InChI is InChI=1S/C13H8N2O7.CH2O3/c16-13(21-11-7-3-1-5-9(11)14(17)18)22-12-8-4-2-6-10(12)15(19)20;2-1(3)4/h1-8H;(H2,2,3,4). The number of carboxylic acid groups (broad SMARTS) is 2. The van der Waals surface area contributed by atoms with Crippen molar-refractivity contribution in [1.82, 2.24) is 0 Å². The third kappa shape index (κ3) is 6.11. The van der Waals surface area contributed by atoms with Gasteiger partial charge in [-0.2, -0.15) is 0 Å². The molecule has 0 aliphatic heterocycles. The fourth-order valence-electron chi connectivity index (χ4n) is 1.59. The molecule has 0 heterocycles. The second kappa shape index (κ2) is 9.17. The van der Waals surface area contributed by atoms with E-state index in [1.54, 1.807) is 0 Å². The first kappa shape index (κ1) is 19.8. The highest BCUT2D eigenvalue weighted by molar-refractivity contribution is 5.70. The number of carbonyl (C=O) groups is 2. The lowest BCUT2D eigenvalue weighted by Gasteiger charge is -2.06. The second-order valence-corrected chi connectivity index (χ2v) is 4.19. The molecule has 26 heavy (non-hydrogen) atoms. The van der Waals surface area contributed by atoms with E-state index in [1.165, 1.54) is 36.4 Å². The molecule has 0 radical (unpaired) electrons. The van der Waals surface area contributed by atoms with Gasteiger partial charge in [-0.1, -0.05) is 24.3 Å². The van der Waals surface area contributed by atoms with Crippen LogP contribution in [0.5, 0.6) is 11.5 Å². The molecule has 0 bridgehead atoms. The maximum atomic E-state index is 11.6. The van der Waals surface area contributed by atoms with Gasteiger partial charge in [0, 0.05) is 12.1 Å². The highest BCUT2D eigenvalue weighted by atomic mass is 16.7. The van der Waals surface area contributed by atoms with Crippen LogP contribution >= 0.6 is 0 Å². The Morgan fingerprint density at radius 3 is 1.38 bits per heavy atom. The van der Waals surface area contributed by atoms with Crippen molar-refractivity contribution >= 4 is 23.7 Å². The topological polar surface area (TPSA) is 179 Å². The molecule has 0 saturated carbocycles. The van der Waals surface area contributed by atoms with Crippen molar-refractivity contribution in [2.24, 2.45) is 0 Å². The fraction of sp³-hybridized carbons (Fsp3) is 0. The Kier molecular flexibility index (Phi) is 6.99. The SMILES string of the molecule is O=C(O)O.O=C(Oc1ccccc1[N+](=O)[O-])Oc1ccccc1[N+](=O)[O-]. The van der Waals surface area contributed by atoms with Gasteiger partial charge in [-0.15, -0.1) is 0 Å². The zero-order chi connectivity index (χ0) is 19.7. The van der Waals surface area contributed by atoms with Crippen molar-refractivity contribution in [2.75, 3.05) is 0 Å². The first-order chi connectivity index (χ1) is 12.2. The van der Waals surface area contributed by atoms with Crippen LogP contribution in [0.2, 0.25) is 0 Å². The summed E-state index contributed by atoms with van der Waals surface area (Å²) in [5.74, 6) is -0.646. The zero-order valence-corrected chi connectivity index (χ0v) is 12.7. The Morgan fingerprint density at radius 2 is 1.08 bits per heavy atom. The van der Waals surface area contributed by atoms with Gasteiger partial charge >= 0.3 is 23.7 Å². The maximum absolute atomic E-state index is 11.6. The van der Waals surface area contributed by atoms with E-state index in [4.69, 9.17) is 24.5 Å². The van der Waals surface area contributed by atoms with Gasteiger partial charge in [0.2, 0.25) is 11.5 Å². The number of rotatable bonds is 4. The average molecular weight is 366 g/mol. The van der Waals surface area contributed by atoms with Crippen molar-refractivity contribution in [2.45, 2.75) is 0 Å². The summed E-state index contributed by atoms with van der Waals surface area (Å²) in [5.41, 5.74) is -0.857. The smallest absolute Gasteiger partial charge is 0.450 e. The first-order valence-corrected chi connectivity index (χ1v) is 6.50. The molecule has 0 aliphatic rings. The molecular weight excluding hydrogens is 356 g/mol. The van der Waals surface area contributed by atoms with E-state index >= 15 is 0 Å². The highest BCUT2D eigenvalue weighted by Crippen LogP contribution is 2.29. The van der Waals surface area contributed by atoms with E-state index in [2.05, 4.69) is 0 Å². The molecule has 0 aliphatic carbocycles. The van der Waals surface area contributed by atoms with Crippen LogP contribution < -0.4 is 9.47 Å². The van der Waals surface area contributed by atoms with Gasteiger partial charge in [0.05, 0.1) is 9.85 Å². The molecule has 2 rings (SSSR count). The largest absolute Gasteiger partial charge is 0.519 e. The van der Waals surface area contributed by atoms with Gasteiger partial charge in [0.15, 0.2) is 0 Å². The van der Waals surface area contributed by atoms with Crippen LogP contribution in [0.25, 0.3) is 0 Å². The summed E-state index contributed by atoms with van der Waals surface area (Å²) in [6.45, 7) is 0. The van der Waals surface area contributed by atoms with Crippen LogP contribution in [0, 0.1) is 20.2 Å². The molecule has 136 valence electrons. The molecular formula is C14H10N2O10. The Bertz CT molecular complexity index is 770. The summed E-state index contributed by atoms with van der Waals surface area (Å²) < 4.78 is 9.44. The average Bonchev–Trinajstić information content (AvgIpc) is 2.54. The number of nitro benzene ring substituents is 2. The van der Waals surface area contributed by atoms with E-state index in [1.807, 2.05) is 0 Å². The van der Waals surface area contributed by atoms with Crippen molar-refractivity contribution in [3.8, 4) is 11.5 Å². The number of carbonyl (C=O) groups excluding carboxylic acids is 1. The summed E-state index contributed by atoms with van der Waals surface area (Å²) in [4.78, 5) is 40.3. The molecule has 12 heteroatoms. The second-order valence-electron chi connectivity index (χ2n) is 4.19. The minimum absolute atomic E-state index is 0.323. The van der Waals surface area contributed by atoms with Gasteiger partial charge in [0.25, 0.3) is 0 Å². The molecule has 2 N–H and O–H groups in total. The van der Waals surface area contributed by atoms with Gasteiger partial charge in [0.1, 0.15) is 0 Å². The molecule has 2 aromatic carbocycles. The Hall–Kier alpha value is -4.22. The molecule has 0 aromatic heterocycles. The third-order valence-corrected chi connectivity index (χ3v) is 2.51. The van der Waals surface area contributed by atoms with Crippen LogP contribution in [-0.4, -0.2) is 32.4 Å². The van der Waals surface area contributed by atoms with E-state index < -0.39 is 33.5 Å². The van der Waals surface area contributed by atoms with E-state index in [-0.39, 0.29) is 11.5 Å². The summed E-state index contributed by atoms with van der Waals surface area (Å²) in [5, 5.41) is 35.5. The third-order valence-electron chi connectivity index (χ3n) is 2.51. The van der Waals surface area contributed by atoms with Gasteiger partial charge in [-0.3, -0.25) is 20.2 Å². The molecule has 0 amide bonds. The monoisotopic (exact) mass is 366 g/mol. The number of nitrogens with zero attached hydrogens (tertiary/aromatic N) is 2. The molecule has 0 unspecified atom stereocenters.